The van der Waals surface area contributed by atoms with E-state index in [0.717, 1.165) is 10.2 Å². The van der Waals surface area contributed by atoms with Crippen molar-refractivity contribution < 1.29 is 13.9 Å². The third-order valence-corrected chi connectivity index (χ3v) is 4.98. The minimum atomic E-state index is -0.451. The maximum Gasteiger partial charge on any atom is 0.350 e. The van der Waals surface area contributed by atoms with Crippen LogP contribution in [0.15, 0.2) is 71.8 Å². The summed E-state index contributed by atoms with van der Waals surface area (Å²) < 4.78 is 22.4. The van der Waals surface area contributed by atoms with Gasteiger partial charge in [0.1, 0.15) is 23.6 Å². The van der Waals surface area contributed by atoms with E-state index in [0.29, 0.717) is 28.3 Å². The summed E-state index contributed by atoms with van der Waals surface area (Å²) in [5.74, 6) is -0.134. The zero-order valence-electron chi connectivity index (χ0n) is 16.9. The molecule has 0 fully saturated rings. The van der Waals surface area contributed by atoms with Crippen LogP contribution in [-0.2, 0) is 11.3 Å². The highest BCUT2D eigenvalue weighted by Crippen LogP contribution is 2.21. The van der Waals surface area contributed by atoms with Crippen molar-refractivity contribution >= 4 is 22.8 Å². The van der Waals surface area contributed by atoms with Crippen LogP contribution in [0.25, 0.3) is 22.4 Å². The van der Waals surface area contributed by atoms with Crippen molar-refractivity contribution in [2.24, 2.45) is 0 Å². The number of fused-ring (bicyclic) bond motifs is 3. The fraction of sp³-hybridized carbons (Fsp3) is 0.0909. The number of anilines is 1. The Hall–Kier alpha value is -4.47. The fourth-order valence-electron chi connectivity index (χ4n) is 3.44. The molecule has 2 aromatic carbocycles. The fourth-order valence-corrected chi connectivity index (χ4v) is 3.44. The monoisotopic (exact) mass is 432 g/mol. The standard InChI is InChI=1S/C22H17FN6O3/c1-32-17-4-2-3-16(11-17)24-20(30)13-29-22(31)27-9-10-28-19(21(27)26-29)12-18(25-28)14-5-7-15(23)8-6-14/h2-12H,13H2,1H3,(H,24,30). The van der Waals surface area contributed by atoms with Gasteiger partial charge in [-0.25, -0.2) is 22.8 Å². The molecule has 0 aliphatic heterocycles. The molecule has 0 unspecified atom stereocenters. The molecule has 0 saturated heterocycles. The van der Waals surface area contributed by atoms with Gasteiger partial charge in [0.2, 0.25) is 5.91 Å². The number of nitrogens with one attached hydrogen (secondary N) is 1. The molecule has 0 saturated carbocycles. The molecule has 5 rings (SSSR count). The van der Waals surface area contributed by atoms with Gasteiger partial charge in [-0.15, -0.1) is 5.10 Å². The molecule has 32 heavy (non-hydrogen) atoms. The Balaban J connectivity index is 1.47. The number of nitrogens with zero attached hydrogens (tertiary/aromatic N) is 5. The molecule has 0 aliphatic carbocycles. The maximum atomic E-state index is 13.2. The molecule has 1 amide bonds. The summed E-state index contributed by atoms with van der Waals surface area (Å²) in [7, 11) is 1.54. The van der Waals surface area contributed by atoms with Gasteiger partial charge in [-0.05, 0) is 42.5 Å². The number of rotatable bonds is 5. The molecular weight excluding hydrogens is 415 g/mol. The first-order valence-corrected chi connectivity index (χ1v) is 9.69. The van der Waals surface area contributed by atoms with E-state index in [-0.39, 0.29) is 12.4 Å². The smallest absolute Gasteiger partial charge is 0.350 e. The first kappa shape index (κ1) is 19.5. The lowest BCUT2D eigenvalue weighted by Crippen LogP contribution is -2.28. The van der Waals surface area contributed by atoms with Crippen LogP contribution in [0.4, 0.5) is 10.1 Å². The molecule has 0 spiro atoms. The van der Waals surface area contributed by atoms with Crippen molar-refractivity contribution in [2.45, 2.75) is 6.54 Å². The summed E-state index contributed by atoms with van der Waals surface area (Å²) in [5, 5.41) is 11.5. The van der Waals surface area contributed by atoms with Gasteiger partial charge < -0.3 is 10.1 Å². The molecular formula is C22H17FN6O3. The lowest BCUT2D eigenvalue weighted by atomic mass is 10.1. The molecule has 160 valence electrons. The lowest BCUT2D eigenvalue weighted by Gasteiger charge is -2.06. The second-order valence-electron chi connectivity index (χ2n) is 7.08. The van der Waals surface area contributed by atoms with Crippen LogP contribution in [0.2, 0.25) is 0 Å². The van der Waals surface area contributed by atoms with Gasteiger partial charge >= 0.3 is 5.69 Å². The number of carbonyl (C=O) groups is 1. The topological polar surface area (TPSA) is 94.9 Å². The van der Waals surface area contributed by atoms with Crippen molar-refractivity contribution in [1.82, 2.24) is 23.8 Å². The summed E-state index contributed by atoms with van der Waals surface area (Å²) in [6.07, 6.45) is 3.16. The number of aromatic nitrogens is 5. The van der Waals surface area contributed by atoms with E-state index < -0.39 is 11.6 Å². The number of hydrogen-bond donors (Lipinski definition) is 1. The minimum absolute atomic E-state index is 0.261. The van der Waals surface area contributed by atoms with Crippen molar-refractivity contribution in [2.75, 3.05) is 12.4 Å². The van der Waals surface area contributed by atoms with Gasteiger partial charge in [-0.3, -0.25) is 4.79 Å². The van der Waals surface area contributed by atoms with Crippen LogP contribution in [0.3, 0.4) is 0 Å². The van der Waals surface area contributed by atoms with Crippen molar-refractivity contribution in [1.29, 1.82) is 0 Å². The number of amides is 1. The van der Waals surface area contributed by atoms with Crippen LogP contribution in [0, 0.1) is 5.82 Å². The Morgan fingerprint density at radius 2 is 1.91 bits per heavy atom. The highest BCUT2D eigenvalue weighted by molar-refractivity contribution is 5.90. The van der Waals surface area contributed by atoms with Crippen molar-refractivity contribution in [3.63, 3.8) is 0 Å². The summed E-state index contributed by atoms with van der Waals surface area (Å²) in [6.45, 7) is -0.261. The van der Waals surface area contributed by atoms with Crippen LogP contribution in [-0.4, -0.2) is 36.8 Å². The second-order valence-corrected chi connectivity index (χ2v) is 7.08. The number of halogens is 1. The number of benzene rings is 2. The van der Waals surface area contributed by atoms with E-state index in [4.69, 9.17) is 4.74 Å². The van der Waals surface area contributed by atoms with Gasteiger partial charge in [0, 0.05) is 29.7 Å². The van der Waals surface area contributed by atoms with E-state index >= 15 is 0 Å². The molecule has 10 heteroatoms. The predicted octanol–water partition coefficient (Wildman–Crippen LogP) is 2.60. The van der Waals surface area contributed by atoms with Crippen molar-refractivity contribution in [3.8, 4) is 17.0 Å². The van der Waals surface area contributed by atoms with Gasteiger partial charge in [-0.1, -0.05) is 6.07 Å². The Bertz CT molecular complexity index is 1520. The van der Waals surface area contributed by atoms with Gasteiger partial charge in [0.05, 0.1) is 12.8 Å². The van der Waals surface area contributed by atoms with E-state index in [9.17, 15) is 14.0 Å². The average molecular weight is 432 g/mol. The Morgan fingerprint density at radius 1 is 1.09 bits per heavy atom. The number of ether oxygens (including phenoxy) is 1. The largest absolute Gasteiger partial charge is 0.497 e. The summed E-state index contributed by atoms with van der Waals surface area (Å²) in [5.41, 5.74) is 2.37. The molecule has 3 heterocycles. The SMILES string of the molecule is COc1cccc(NC(=O)Cn2nc3c4cc(-c5ccc(F)cc5)nn4ccn3c2=O)c1. The highest BCUT2D eigenvalue weighted by atomic mass is 19.1. The molecule has 0 radical (unpaired) electrons. The minimum Gasteiger partial charge on any atom is -0.497 e. The quantitative estimate of drug-likeness (QED) is 0.461. The number of carbonyl (C=O) groups excluding carboxylic acids is 1. The van der Waals surface area contributed by atoms with Gasteiger partial charge in [0.15, 0.2) is 5.65 Å². The van der Waals surface area contributed by atoms with Crippen molar-refractivity contribution in [3.05, 3.63) is 83.3 Å². The second kappa shape index (κ2) is 7.65. The number of hydrogen-bond acceptors (Lipinski definition) is 5. The van der Waals surface area contributed by atoms with E-state index in [1.165, 1.54) is 29.8 Å². The summed E-state index contributed by atoms with van der Waals surface area (Å²) >= 11 is 0. The van der Waals surface area contributed by atoms with E-state index in [1.54, 1.807) is 53.2 Å². The molecule has 1 N–H and O–H groups in total. The average Bonchev–Trinajstić information content (AvgIpc) is 3.36. The molecule has 0 atom stereocenters. The van der Waals surface area contributed by atoms with E-state index in [2.05, 4.69) is 15.5 Å². The molecule has 5 aromatic rings. The van der Waals surface area contributed by atoms with Gasteiger partial charge in [-0.2, -0.15) is 5.10 Å². The van der Waals surface area contributed by atoms with Crippen LogP contribution >= 0.6 is 0 Å². The first-order chi connectivity index (χ1) is 15.5. The Labute approximate surface area is 180 Å². The number of methoxy groups -OCH3 is 1. The molecule has 3 aromatic heterocycles. The van der Waals surface area contributed by atoms with E-state index in [1.807, 2.05) is 0 Å². The predicted molar refractivity (Wildman–Crippen MR) is 115 cm³/mol. The summed E-state index contributed by atoms with van der Waals surface area (Å²) in [4.78, 5) is 25.2. The van der Waals surface area contributed by atoms with Crippen LogP contribution < -0.4 is 15.7 Å². The zero-order chi connectivity index (χ0) is 22.2. The van der Waals surface area contributed by atoms with Crippen LogP contribution in [0.1, 0.15) is 0 Å². The Morgan fingerprint density at radius 3 is 2.69 bits per heavy atom. The Kier molecular flexibility index (Phi) is 4.66. The summed E-state index contributed by atoms with van der Waals surface area (Å²) in [6, 6.07) is 14.6. The molecule has 9 nitrogen and oxygen atoms in total. The third kappa shape index (κ3) is 3.47. The zero-order valence-corrected chi connectivity index (χ0v) is 16.9. The van der Waals surface area contributed by atoms with Gasteiger partial charge in [0.25, 0.3) is 0 Å². The lowest BCUT2D eigenvalue weighted by molar-refractivity contribution is -0.117. The highest BCUT2D eigenvalue weighted by Gasteiger charge is 2.15. The molecule has 0 aliphatic rings. The third-order valence-electron chi connectivity index (χ3n) is 4.98. The first-order valence-electron chi connectivity index (χ1n) is 9.69. The maximum absolute atomic E-state index is 13.2. The molecule has 0 bridgehead atoms. The normalized spacial score (nSPS) is 11.2. The van der Waals surface area contributed by atoms with Crippen LogP contribution in [0.5, 0.6) is 5.75 Å².